The lowest BCUT2D eigenvalue weighted by atomic mass is 10.1. The molecular formula is C14H24N4O4S. The Kier molecular flexibility index (Phi) is 5.00. The van der Waals surface area contributed by atoms with Gasteiger partial charge in [-0.15, -0.1) is 0 Å². The molecule has 1 amide bonds. The molecule has 1 fully saturated rings. The van der Waals surface area contributed by atoms with Crippen LogP contribution < -0.4 is 5.32 Å². The van der Waals surface area contributed by atoms with Crippen molar-refractivity contribution < 1.29 is 17.9 Å². The molecule has 1 aliphatic heterocycles. The molecule has 23 heavy (non-hydrogen) atoms. The molecule has 0 spiro atoms. The summed E-state index contributed by atoms with van der Waals surface area (Å²) in [5.74, 6) is 0. The van der Waals surface area contributed by atoms with Crippen molar-refractivity contribution in [2.45, 2.75) is 50.2 Å². The second-order valence-corrected chi connectivity index (χ2v) is 8.61. The SMILES string of the molecule is Cn1cc(S(=O)(=O)N2CCC(NC(=O)OC(C)(C)C)CC2)cn1. The number of hydrogen-bond acceptors (Lipinski definition) is 5. The Morgan fingerprint density at radius 3 is 2.43 bits per heavy atom. The molecule has 1 aromatic heterocycles. The fraction of sp³-hybridized carbons (Fsp3) is 0.714. The molecule has 130 valence electrons. The number of aromatic nitrogens is 2. The molecular weight excluding hydrogens is 320 g/mol. The van der Waals surface area contributed by atoms with Gasteiger partial charge in [-0.05, 0) is 33.6 Å². The maximum absolute atomic E-state index is 12.5. The number of amides is 1. The minimum Gasteiger partial charge on any atom is -0.444 e. The van der Waals surface area contributed by atoms with Crippen LogP contribution in [-0.4, -0.2) is 53.3 Å². The highest BCUT2D eigenvalue weighted by Gasteiger charge is 2.31. The van der Waals surface area contributed by atoms with E-state index in [-0.39, 0.29) is 10.9 Å². The van der Waals surface area contributed by atoms with Crippen LogP contribution >= 0.6 is 0 Å². The first kappa shape index (κ1) is 17.7. The number of carbonyl (C=O) groups excluding carboxylic acids is 1. The summed E-state index contributed by atoms with van der Waals surface area (Å²) in [7, 11) is -1.84. The zero-order chi connectivity index (χ0) is 17.3. The van der Waals surface area contributed by atoms with Gasteiger partial charge in [-0.25, -0.2) is 13.2 Å². The second kappa shape index (κ2) is 6.48. The van der Waals surface area contributed by atoms with Gasteiger partial charge < -0.3 is 10.1 Å². The number of rotatable bonds is 3. The number of hydrogen-bond donors (Lipinski definition) is 1. The van der Waals surface area contributed by atoms with Gasteiger partial charge in [0.05, 0.1) is 6.20 Å². The Labute approximate surface area is 136 Å². The quantitative estimate of drug-likeness (QED) is 0.886. The third-order valence-corrected chi connectivity index (χ3v) is 5.35. The predicted octanol–water partition coefficient (Wildman–Crippen LogP) is 1.10. The van der Waals surface area contributed by atoms with E-state index in [9.17, 15) is 13.2 Å². The number of piperidine rings is 1. The average Bonchev–Trinajstić information content (AvgIpc) is 2.84. The molecule has 0 unspecified atom stereocenters. The fourth-order valence-electron chi connectivity index (χ4n) is 2.40. The first-order valence-electron chi connectivity index (χ1n) is 7.56. The van der Waals surface area contributed by atoms with Crippen molar-refractivity contribution in [2.75, 3.05) is 13.1 Å². The van der Waals surface area contributed by atoms with Crippen LogP contribution in [0.4, 0.5) is 4.79 Å². The summed E-state index contributed by atoms with van der Waals surface area (Å²) in [6.45, 7) is 6.12. The van der Waals surface area contributed by atoms with Crippen LogP contribution in [0.25, 0.3) is 0 Å². The number of ether oxygens (including phenoxy) is 1. The summed E-state index contributed by atoms with van der Waals surface area (Å²) < 4.78 is 33.1. The van der Waals surface area contributed by atoms with Gasteiger partial charge in [-0.1, -0.05) is 0 Å². The van der Waals surface area contributed by atoms with Gasteiger partial charge in [0.25, 0.3) is 0 Å². The zero-order valence-corrected chi connectivity index (χ0v) is 14.8. The average molecular weight is 344 g/mol. The van der Waals surface area contributed by atoms with E-state index >= 15 is 0 Å². The minimum absolute atomic E-state index is 0.0785. The summed E-state index contributed by atoms with van der Waals surface area (Å²) in [6, 6.07) is -0.0785. The highest BCUT2D eigenvalue weighted by Crippen LogP contribution is 2.20. The van der Waals surface area contributed by atoms with Gasteiger partial charge in [0.2, 0.25) is 10.0 Å². The van der Waals surface area contributed by atoms with Gasteiger partial charge in [0, 0.05) is 32.4 Å². The van der Waals surface area contributed by atoms with Crippen LogP contribution in [0.5, 0.6) is 0 Å². The molecule has 9 heteroatoms. The largest absolute Gasteiger partial charge is 0.444 e. The normalized spacial score (nSPS) is 17.9. The summed E-state index contributed by atoms with van der Waals surface area (Å²) in [5.41, 5.74) is -0.547. The van der Waals surface area contributed by atoms with Gasteiger partial charge in [0.1, 0.15) is 10.5 Å². The molecule has 2 rings (SSSR count). The molecule has 1 N–H and O–H groups in total. The van der Waals surface area contributed by atoms with Crippen LogP contribution in [-0.2, 0) is 21.8 Å². The van der Waals surface area contributed by atoms with Crippen molar-refractivity contribution in [3.63, 3.8) is 0 Å². The smallest absolute Gasteiger partial charge is 0.407 e. The van der Waals surface area contributed by atoms with E-state index in [0.29, 0.717) is 25.9 Å². The number of nitrogens with zero attached hydrogens (tertiary/aromatic N) is 3. The molecule has 0 radical (unpaired) electrons. The van der Waals surface area contributed by atoms with Gasteiger partial charge in [-0.3, -0.25) is 4.68 Å². The third-order valence-electron chi connectivity index (χ3n) is 3.49. The van der Waals surface area contributed by atoms with E-state index in [0.717, 1.165) is 0 Å². The topological polar surface area (TPSA) is 93.5 Å². The minimum atomic E-state index is -3.52. The molecule has 0 aromatic carbocycles. The van der Waals surface area contributed by atoms with Crippen LogP contribution in [0.3, 0.4) is 0 Å². The number of aryl methyl sites for hydroxylation is 1. The molecule has 0 atom stereocenters. The van der Waals surface area contributed by atoms with Crippen LogP contribution in [0, 0.1) is 0 Å². The fourth-order valence-corrected chi connectivity index (χ4v) is 3.85. The molecule has 1 aliphatic rings. The number of sulfonamides is 1. The van der Waals surface area contributed by atoms with Gasteiger partial charge in [-0.2, -0.15) is 9.40 Å². The maximum atomic E-state index is 12.5. The van der Waals surface area contributed by atoms with Crippen LogP contribution in [0.2, 0.25) is 0 Å². The Hall–Kier alpha value is -1.61. The standard InChI is InChI=1S/C14H24N4O4S/c1-14(2,3)22-13(19)16-11-5-7-18(8-6-11)23(20,21)12-9-15-17(4)10-12/h9-11H,5-8H2,1-4H3,(H,16,19). The lowest BCUT2D eigenvalue weighted by Gasteiger charge is -2.31. The molecule has 0 aliphatic carbocycles. The monoisotopic (exact) mass is 344 g/mol. The first-order valence-corrected chi connectivity index (χ1v) is 9.00. The van der Waals surface area contributed by atoms with E-state index < -0.39 is 21.7 Å². The van der Waals surface area contributed by atoms with Crippen molar-refractivity contribution in [1.29, 1.82) is 0 Å². The van der Waals surface area contributed by atoms with E-state index in [1.807, 2.05) is 0 Å². The molecule has 0 saturated carbocycles. The Morgan fingerprint density at radius 2 is 1.96 bits per heavy atom. The van der Waals surface area contributed by atoms with Crippen molar-refractivity contribution >= 4 is 16.1 Å². The highest BCUT2D eigenvalue weighted by atomic mass is 32.2. The van der Waals surface area contributed by atoms with E-state index in [4.69, 9.17) is 4.74 Å². The Bertz CT molecular complexity index is 655. The molecule has 8 nitrogen and oxygen atoms in total. The Morgan fingerprint density at radius 1 is 1.35 bits per heavy atom. The predicted molar refractivity (Wildman–Crippen MR) is 84.4 cm³/mol. The van der Waals surface area contributed by atoms with E-state index in [1.54, 1.807) is 27.8 Å². The molecule has 2 heterocycles. The van der Waals surface area contributed by atoms with Crippen molar-refractivity contribution in [3.05, 3.63) is 12.4 Å². The van der Waals surface area contributed by atoms with Crippen molar-refractivity contribution in [3.8, 4) is 0 Å². The van der Waals surface area contributed by atoms with Crippen LogP contribution in [0.15, 0.2) is 17.3 Å². The lowest BCUT2D eigenvalue weighted by Crippen LogP contribution is -2.47. The highest BCUT2D eigenvalue weighted by molar-refractivity contribution is 7.89. The third kappa shape index (κ3) is 4.68. The second-order valence-electron chi connectivity index (χ2n) is 6.67. The number of nitrogens with one attached hydrogen (secondary N) is 1. The first-order chi connectivity index (χ1) is 10.6. The number of alkyl carbamates (subject to hydrolysis) is 1. The lowest BCUT2D eigenvalue weighted by molar-refractivity contribution is 0.0489. The summed E-state index contributed by atoms with van der Waals surface area (Å²) in [6.07, 6.45) is 3.48. The van der Waals surface area contributed by atoms with Crippen molar-refractivity contribution in [1.82, 2.24) is 19.4 Å². The van der Waals surface area contributed by atoms with Gasteiger partial charge in [0.15, 0.2) is 0 Å². The molecule has 0 bridgehead atoms. The van der Waals surface area contributed by atoms with E-state index in [1.165, 1.54) is 21.4 Å². The molecule has 1 saturated heterocycles. The van der Waals surface area contributed by atoms with Gasteiger partial charge >= 0.3 is 6.09 Å². The maximum Gasteiger partial charge on any atom is 0.407 e. The van der Waals surface area contributed by atoms with E-state index in [2.05, 4.69) is 10.4 Å². The molecule has 1 aromatic rings. The zero-order valence-electron chi connectivity index (χ0n) is 13.9. The summed E-state index contributed by atoms with van der Waals surface area (Å²) in [5, 5.41) is 6.70. The Balaban J connectivity index is 1.90. The summed E-state index contributed by atoms with van der Waals surface area (Å²) >= 11 is 0. The number of carbonyl (C=O) groups is 1. The van der Waals surface area contributed by atoms with Crippen molar-refractivity contribution in [2.24, 2.45) is 7.05 Å². The van der Waals surface area contributed by atoms with Crippen LogP contribution in [0.1, 0.15) is 33.6 Å². The summed E-state index contributed by atoms with van der Waals surface area (Å²) in [4.78, 5) is 11.9.